The van der Waals surface area contributed by atoms with E-state index >= 15 is 0 Å². The van der Waals surface area contributed by atoms with Crippen LogP contribution in [0.3, 0.4) is 0 Å². The van der Waals surface area contributed by atoms with Gasteiger partial charge >= 0.3 is 5.97 Å². The predicted octanol–water partition coefficient (Wildman–Crippen LogP) is 1.79. The van der Waals surface area contributed by atoms with Gasteiger partial charge in [-0.2, -0.15) is 0 Å². The number of rotatable bonds is 6. The first-order valence-electron chi connectivity index (χ1n) is 7.33. The Morgan fingerprint density at radius 3 is 2.56 bits per heavy atom. The van der Waals surface area contributed by atoms with Gasteiger partial charge in [-0.25, -0.2) is 0 Å². The number of nitrogens with zero attached hydrogens (tertiary/aromatic N) is 1. The molecule has 106 valence electrons. The van der Waals surface area contributed by atoms with E-state index in [1.54, 1.807) is 0 Å². The van der Waals surface area contributed by atoms with Crippen molar-refractivity contribution in [2.75, 3.05) is 19.7 Å². The summed E-state index contributed by atoms with van der Waals surface area (Å²) in [6.07, 6.45) is 3.00. The third-order valence-corrected chi connectivity index (χ3v) is 3.85. The highest BCUT2D eigenvalue weighted by Gasteiger charge is 2.34. The molecule has 1 saturated heterocycles. The summed E-state index contributed by atoms with van der Waals surface area (Å²) in [7, 11) is 0. The van der Waals surface area contributed by atoms with Gasteiger partial charge in [0.25, 0.3) is 0 Å². The minimum Gasteiger partial charge on any atom is -0.465 e. The number of nitrogens with one attached hydrogen (secondary N) is 1. The molecule has 1 aliphatic rings. The van der Waals surface area contributed by atoms with Crippen LogP contribution in [0.25, 0.3) is 0 Å². The number of carbonyl (C=O) groups is 1. The van der Waals surface area contributed by atoms with Gasteiger partial charge in [-0.15, -0.1) is 0 Å². The van der Waals surface area contributed by atoms with Gasteiger partial charge in [0.2, 0.25) is 0 Å². The van der Waals surface area contributed by atoms with Crippen molar-refractivity contribution in [3.63, 3.8) is 0 Å². The Kier molecular flexibility index (Phi) is 6.65. The molecule has 0 spiro atoms. The molecular formula is C14H28N2O2. The molecule has 0 aliphatic carbocycles. The highest BCUT2D eigenvalue weighted by molar-refractivity contribution is 5.75. The molecule has 4 nitrogen and oxygen atoms in total. The van der Waals surface area contributed by atoms with Crippen LogP contribution in [0.1, 0.15) is 47.0 Å². The van der Waals surface area contributed by atoms with Crippen LogP contribution in [-0.2, 0) is 9.53 Å². The second kappa shape index (κ2) is 7.74. The van der Waals surface area contributed by atoms with E-state index in [9.17, 15) is 4.79 Å². The number of hydrogen-bond donors (Lipinski definition) is 1. The lowest BCUT2D eigenvalue weighted by Crippen LogP contribution is -2.60. The molecule has 3 unspecified atom stereocenters. The maximum atomic E-state index is 12.0. The summed E-state index contributed by atoms with van der Waals surface area (Å²) in [4.78, 5) is 14.4. The van der Waals surface area contributed by atoms with Gasteiger partial charge in [0.05, 0.1) is 6.61 Å². The summed E-state index contributed by atoms with van der Waals surface area (Å²) in [6.45, 7) is 10.7. The zero-order valence-corrected chi connectivity index (χ0v) is 12.2. The molecule has 1 heterocycles. The lowest BCUT2D eigenvalue weighted by molar-refractivity contribution is -0.151. The Morgan fingerprint density at radius 1 is 1.33 bits per heavy atom. The van der Waals surface area contributed by atoms with Gasteiger partial charge < -0.3 is 10.1 Å². The van der Waals surface area contributed by atoms with E-state index in [0.717, 1.165) is 32.4 Å². The van der Waals surface area contributed by atoms with Crippen molar-refractivity contribution in [3.05, 3.63) is 0 Å². The van der Waals surface area contributed by atoms with Crippen molar-refractivity contribution >= 4 is 5.97 Å². The molecule has 1 aliphatic heterocycles. The minimum absolute atomic E-state index is 0.0600. The van der Waals surface area contributed by atoms with Crippen molar-refractivity contribution in [2.24, 2.45) is 0 Å². The van der Waals surface area contributed by atoms with E-state index in [0.29, 0.717) is 18.7 Å². The van der Waals surface area contributed by atoms with Crippen molar-refractivity contribution in [1.29, 1.82) is 0 Å². The third kappa shape index (κ3) is 3.69. The number of carbonyl (C=O) groups excluding carboxylic acids is 1. The molecule has 1 rings (SSSR count). The topological polar surface area (TPSA) is 41.6 Å². The van der Waals surface area contributed by atoms with Crippen LogP contribution in [0, 0.1) is 0 Å². The molecule has 18 heavy (non-hydrogen) atoms. The molecule has 3 atom stereocenters. The Balaban J connectivity index is 2.74. The summed E-state index contributed by atoms with van der Waals surface area (Å²) in [5.41, 5.74) is 0. The van der Waals surface area contributed by atoms with Gasteiger partial charge in [0.1, 0.15) is 6.04 Å². The Hall–Kier alpha value is -0.610. The Bertz CT molecular complexity index is 258. The highest BCUT2D eigenvalue weighted by atomic mass is 16.5. The second-order valence-corrected chi connectivity index (χ2v) is 4.95. The Labute approximate surface area is 111 Å². The van der Waals surface area contributed by atoms with Crippen LogP contribution in [-0.4, -0.2) is 48.7 Å². The molecule has 0 saturated carbocycles. The van der Waals surface area contributed by atoms with Crippen LogP contribution in [0.15, 0.2) is 0 Å². The van der Waals surface area contributed by atoms with E-state index in [4.69, 9.17) is 4.74 Å². The van der Waals surface area contributed by atoms with Crippen LogP contribution in [0.5, 0.6) is 0 Å². The Morgan fingerprint density at radius 2 is 2.06 bits per heavy atom. The van der Waals surface area contributed by atoms with E-state index in [2.05, 4.69) is 31.0 Å². The minimum atomic E-state index is -0.0777. The number of hydrogen-bond acceptors (Lipinski definition) is 4. The van der Waals surface area contributed by atoms with E-state index in [1.807, 2.05) is 6.92 Å². The monoisotopic (exact) mass is 256 g/mol. The summed E-state index contributed by atoms with van der Waals surface area (Å²) >= 11 is 0. The fraction of sp³-hybridized carbons (Fsp3) is 0.929. The first-order valence-corrected chi connectivity index (χ1v) is 7.33. The fourth-order valence-corrected chi connectivity index (χ4v) is 2.70. The molecule has 0 bridgehead atoms. The predicted molar refractivity (Wildman–Crippen MR) is 73.6 cm³/mol. The number of ether oxygens (including phenoxy) is 1. The van der Waals surface area contributed by atoms with Gasteiger partial charge in [0.15, 0.2) is 0 Å². The van der Waals surface area contributed by atoms with Crippen molar-refractivity contribution in [1.82, 2.24) is 10.2 Å². The summed E-state index contributed by atoms with van der Waals surface area (Å²) in [5, 5.41) is 3.56. The molecule has 0 aromatic carbocycles. The van der Waals surface area contributed by atoms with Crippen LogP contribution < -0.4 is 5.32 Å². The maximum Gasteiger partial charge on any atom is 0.323 e. The first kappa shape index (κ1) is 15.4. The molecule has 0 aromatic heterocycles. The lowest BCUT2D eigenvalue weighted by Gasteiger charge is -2.43. The molecule has 0 amide bonds. The molecule has 0 aromatic rings. The van der Waals surface area contributed by atoms with Crippen LogP contribution in [0.2, 0.25) is 0 Å². The number of piperazine rings is 1. The average Bonchev–Trinajstić information content (AvgIpc) is 2.39. The zero-order chi connectivity index (χ0) is 13.5. The van der Waals surface area contributed by atoms with Crippen LogP contribution >= 0.6 is 0 Å². The molecule has 4 heteroatoms. The lowest BCUT2D eigenvalue weighted by atomic mass is 10.0. The molecule has 1 fully saturated rings. The molecular weight excluding hydrogens is 228 g/mol. The standard InChI is InChI=1S/C14H28N2O2/c1-5-11-10-16(12(6-2)9-15-11)13(7-3)14(17)18-8-4/h11-13,15H,5-10H2,1-4H3. The van der Waals surface area contributed by atoms with Gasteiger partial charge in [-0.3, -0.25) is 9.69 Å². The summed E-state index contributed by atoms with van der Waals surface area (Å²) < 4.78 is 5.21. The van der Waals surface area contributed by atoms with E-state index in [-0.39, 0.29) is 12.0 Å². The maximum absolute atomic E-state index is 12.0. The van der Waals surface area contributed by atoms with E-state index in [1.165, 1.54) is 0 Å². The first-order chi connectivity index (χ1) is 8.67. The smallest absolute Gasteiger partial charge is 0.323 e. The zero-order valence-electron chi connectivity index (χ0n) is 12.2. The average molecular weight is 256 g/mol. The SMILES string of the molecule is CCOC(=O)C(CC)N1CC(CC)NCC1CC. The quantitative estimate of drug-likeness (QED) is 0.736. The molecule has 0 radical (unpaired) electrons. The molecule has 1 N–H and O–H groups in total. The van der Waals surface area contributed by atoms with Gasteiger partial charge in [0, 0.05) is 25.2 Å². The van der Waals surface area contributed by atoms with Crippen molar-refractivity contribution < 1.29 is 9.53 Å². The number of esters is 1. The largest absolute Gasteiger partial charge is 0.465 e. The third-order valence-electron chi connectivity index (χ3n) is 3.85. The summed E-state index contributed by atoms with van der Waals surface area (Å²) in [5.74, 6) is -0.0600. The normalized spacial score (nSPS) is 26.9. The second-order valence-electron chi connectivity index (χ2n) is 4.95. The van der Waals surface area contributed by atoms with Gasteiger partial charge in [-0.05, 0) is 26.2 Å². The van der Waals surface area contributed by atoms with E-state index < -0.39 is 0 Å². The van der Waals surface area contributed by atoms with Crippen LogP contribution in [0.4, 0.5) is 0 Å². The fourth-order valence-electron chi connectivity index (χ4n) is 2.70. The summed E-state index contributed by atoms with van der Waals surface area (Å²) in [6, 6.07) is 0.865. The van der Waals surface area contributed by atoms with Crippen molar-refractivity contribution in [2.45, 2.75) is 65.1 Å². The van der Waals surface area contributed by atoms with Crippen molar-refractivity contribution in [3.8, 4) is 0 Å². The van der Waals surface area contributed by atoms with Gasteiger partial charge in [-0.1, -0.05) is 20.8 Å². The highest BCUT2D eigenvalue weighted by Crippen LogP contribution is 2.18.